The van der Waals surface area contributed by atoms with E-state index in [4.69, 9.17) is 16.3 Å². The molecule has 0 saturated carbocycles. The molecular weight excluding hydrogens is 468 g/mol. The van der Waals surface area contributed by atoms with Gasteiger partial charge in [0.15, 0.2) is 0 Å². The van der Waals surface area contributed by atoms with E-state index in [1.54, 1.807) is 17.0 Å². The van der Waals surface area contributed by atoms with E-state index in [1.165, 1.54) is 16.4 Å². The molecule has 0 spiro atoms. The van der Waals surface area contributed by atoms with Gasteiger partial charge in [-0.2, -0.15) is 4.31 Å². The van der Waals surface area contributed by atoms with Gasteiger partial charge in [-0.3, -0.25) is 4.90 Å². The molecule has 4 rings (SSSR count). The molecule has 2 heterocycles. The van der Waals surface area contributed by atoms with Gasteiger partial charge in [0.05, 0.1) is 10.9 Å². The third-order valence-electron chi connectivity index (χ3n) is 5.46. The number of rotatable bonds is 3. The van der Waals surface area contributed by atoms with Gasteiger partial charge in [0.1, 0.15) is 6.61 Å². The molecule has 2 atom stereocenters. The van der Waals surface area contributed by atoms with Crippen molar-refractivity contribution in [2.75, 3.05) is 19.7 Å². The van der Waals surface area contributed by atoms with E-state index in [0.29, 0.717) is 37.6 Å². The lowest BCUT2D eigenvalue weighted by Crippen LogP contribution is -2.57. The molecule has 0 radical (unpaired) electrons. The first kappa shape index (κ1) is 19.9. The number of piperidine rings is 1. The second-order valence-electron chi connectivity index (χ2n) is 7.14. The van der Waals surface area contributed by atoms with Crippen molar-refractivity contribution in [2.45, 2.75) is 29.8 Å². The fraction of sp³-hybridized carbons (Fsp3) is 0.421. The number of benzene rings is 1. The molecular formula is C19H20BrClN2O4S. The van der Waals surface area contributed by atoms with Gasteiger partial charge in [0, 0.05) is 34.6 Å². The molecule has 6 nitrogen and oxygen atoms in total. The molecule has 0 aromatic heterocycles. The van der Waals surface area contributed by atoms with E-state index in [2.05, 4.69) is 22.0 Å². The van der Waals surface area contributed by atoms with Crippen LogP contribution in [0.25, 0.3) is 0 Å². The molecule has 9 heteroatoms. The van der Waals surface area contributed by atoms with Crippen molar-refractivity contribution in [1.29, 1.82) is 0 Å². The van der Waals surface area contributed by atoms with Crippen LogP contribution in [0.2, 0.25) is 5.02 Å². The molecule has 2 saturated heterocycles. The number of carbonyl (C=O) groups is 1. The lowest BCUT2D eigenvalue weighted by atomic mass is 9.90. The number of sulfonamides is 1. The Hall–Kier alpha value is -1.35. The number of nitrogens with zero attached hydrogens (tertiary/aromatic N) is 2. The number of ether oxygens (including phenoxy) is 1. The van der Waals surface area contributed by atoms with Crippen molar-refractivity contribution in [3.8, 4) is 0 Å². The summed E-state index contributed by atoms with van der Waals surface area (Å²) in [4.78, 5) is 14.5. The standard InChI is InChI=1S/C19H20BrClN2O4S/c20-14-1-6-18-13(11-14)12-27-19(24)23(18)16-7-9-22(10-8-16)28(25,26)17-4-2-15(21)3-5-17/h1-6,11,13,16,18H,7-10,12H2. The Bertz CT molecular complexity index is 924. The molecule has 2 aliphatic heterocycles. The van der Waals surface area contributed by atoms with E-state index in [0.717, 1.165) is 4.48 Å². The van der Waals surface area contributed by atoms with Crippen LogP contribution < -0.4 is 0 Å². The summed E-state index contributed by atoms with van der Waals surface area (Å²) in [5.74, 6) is 0.105. The molecule has 2 fully saturated rings. The fourth-order valence-electron chi connectivity index (χ4n) is 4.01. The van der Waals surface area contributed by atoms with Crippen molar-refractivity contribution < 1.29 is 17.9 Å². The summed E-state index contributed by atoms with van der Waals surface area (Å²) in [7, 11) is -3.57. The van der Waals surface area contributed by atoms with Crippen molar-refractivity contribution in [3.63, 3.8) is 0 Å². The van der Waals surface area contributed by atoms with Crippen molar-refractivity contribution >= 4 is 43.6 Å². The molecule has 1 aliphatic carbocycles. The van der Waals surface area contributed by atoms with Gasteiger partial charge < -0.3 is 4.74 Å². The molecule has 2 unspecified atom stereocenters. The quantitative estimate of drug-likeness (QED) is 0.651. The van der Waals surface area contributed by atoms with Gasteiger partial charge in [-0.25, -0.2) is 13.2 Å². The van der Waals surface area contributed by atoms with Crippen molar-refractivity contribution in [3.05, 3.63) is 52.0 Å². The smallest absolute Gasteiger partial charge is 0.410 e. The third kappa shape index (κ3) is 3.75. The zero-order valence-corrected chi connectivity index (χ0v) is 18.2. The maximum absolute atomic E-state index is 12.9. The monoisotopic (exact) mass is 486 g/mol. The largest absolute Gasteiger partial charge is 0.449 e. The average Bonchev–Trinajstić information content (AvgIpc) is 2.68. The second kappa shape index (κ2) is 7.82. The summed E-state index contributed by atoms with van der Waals surface area (Å²) in [6.07, 6.45) is 6.85. The lowest BCUT2D eigenvalue weighted by molar-refractivity contribution is 0.00613. The molecule has 1 aromatic rings. The maximum atomic E-state index is 12.9. The van der Waals surface area contributed by atoms with E-state index in [-0.39, 0.29) is 29.0 Å². The number of fused-ring (bicyclic) bond motifs is 1. The van der Waals surface area contributed by atoms with Crippen LogP contribution in [-0.4, -0.2) is 55.5 Å². The highest BCUT2D eigenvalue weighted by Gasteiger charge is 2.42. The minimum absolute atomic E-state index is 0.0491. The van der Waals surface area contributed by atoms with E-state index < -0.39 is 10.0 Å². The highest BCUT2D eigenvalue weighted by molar-refractivity contribution is 9.11. The van der Waals surface area contributed by atoms with Gasteiger partial charge in [-0.15, -0.1) is 0 Å². The zero-order valence-electron chi connectivity index (χ0n) is 15.0. The normalized spacial score (nSPS) is 26.6. The van der Waals surface area contributed by atoms with E-state index in [1.807, 2.05) is 12.2 Å². The Kier molecular flexibility index (Phi) is 5.57. The predicted molar refractivity (Wildman–Crippen MR) is 110 cm³/mol. The highest BCUT2D eigenvalue weighted by atomic mass is 79.9. The molecule has 1 amide bonds. The summed E-state index contributed by atoms with van der Waals surface area (Å²) in [5.41, 5.74) is 0. The summed E-state index contributed by atoms with van der Waals surface area (Å²) in [6, 6.07) is 6.10. The number of hydrogen-bond acceptors (Lipinski definition) is 4. The predicted octanol–water partition coefficient (Wildman–Crippen LogP) is 3.78. The Balaban J connectivity index is 1.47. The zero-order chi connectivity index (χ0) is 19.9. The third-order valence-corrected chi connectivity index (χ3v) is 8.16. The molecule has 0 bridgehead atoms. The van der Waals surface area contributed by atoms with Gasteiger partial charge in [-0.05, 0) is 37.1 Å². The fourth-order valence-corrected chi connectivity index (χ4v) is 6.10. The molecule has 3 aliphatic rings. The van der Waals surface area contributed by atoms with Crippen molar-refractivity contribution in [2.24, 2.45) is 5.92 Å². The van der Waals surface area contributed by atoms with Crippen molar-refractivity contribution in [1.82, 2.24) is 9.21 Å². The number of allylic oxidation sites excluding steroid dienone is 2. The second-order valence-corrected chi connectivity index (χ2v) is 10.4. The van der Waals surface area contributed by atoms with E-state index in [9.17, 15) is 13.2 Å². The van der Waals surface area contributed by atoms with Gasteiger partial charge in [0.2, 0.25) is 10.0 Å². The molecule has 28 heavy (non-hydrogen) atoms. The minimum Gasteiger partial charge on any atom is -0.449 e. The SMILES string of the molecule is O=C1OCC2C=C(Br)C=CC2N1C1CCN(S(=O)(=O)c2ccc(Cl)cc2)CC1. The van der Waals surface area contributed by atoms with Crippen LogP contribution >= 0.6 is 27.5 Å². The number of amides is 1. The first-order valence-electron chi connectivity index (χ1n) is 9.12. The molecule has 1 aromatic carbocycles. The van der Waals surface area contributed by atoms with Crippen LogP contribution in [0, 0.1) is 5.92 Å². The molecule has 150 valence electrons. The van der Waals surface area contributed by atoms with Crippen LogP contribution in [0.3, 0.4) is 0 Å². The summed E-state index contributed by atoms with van der Waals surface area (Å²) < 4.78 is 33.6. The van der Waals surface area contributed by atoms with Gasteiger partial charge in [-0.1, -0.05) is 45.8 Å². The Morgan fingerprint density at radius 1 is 1.14 bits per heavy atom. The Morgan fingerprint density at radius 3 is 2.50 bits per heavy atom. The van der Waals surface area contributed by atoms with Crippen LogP contribution in [0.4, 0.5) is 4.79 Å². The Morgan fingerprint density at radius 2 is 1.82 bits per heavy atom. The van der Waals surface area contributed by atoms with Gasteiger partial charge >= 0.3 is 6.09 Å². The maximum Gasteiger partial charge on any atom is 0.410 e. The van der Waals surface area contributed by atoms with Crippen LogP contribution in [0.15, 0.2) is 51.9 Å². The molecule has 0 N–H and O–H groups in total. The van der Waals surface area contributed by atoms with Crippen LogP contribution in [0.5, 0.6) is 0 Å². The first-order chi connectivity index (χ1) is 13.4. The Labute approximate surface area is 178 Å². The summed E-state index contributed by atoms with van der Waals surface area (Å²) in [6.45, 7) is 1.09. The number of halogens is 2. The summed E-state index contributed by atoms with van der Waals surface area (Å²) >= 11 is 9.33. The minimum atomic E-state index is -3.57. The van der Waals surface area contributed by atoms with Gasteiger partial charge in [0.25, 0.3) is 0 Å². The van der Waals surface area contributed by atoms with Crippen LogP contribution in [-0.2, 0) is 14.8 Å². The summed E-state index contributed by atoms with van der Waals surface area (Å²) in [5, 5.41) is 0.497. The van der Waals surface area contributed by atoms with Crippen LogP contribution in [0.1, 0.15) is 12.8 Å². The van der Waals surface area contributed by atoms with E-state index >= 15 is 0 Å². The first-order valence-corrected chi connectivity index (χ1v) is 11.7. The number of cyclic esters (lactones) is 1. The highest BCUT2D eigenvalue weighted by Crippen LogP contribution is 2.33. The number of hydrogen-bond donors (Lipinski definition) is 0. The topological polar surface area (TPSA) is 66.9 Å². The average molecular weight is 488 g/mol. The lowest BCUT2D eigenvalue weighted by Gasteiger charge is -2.45. The number of carbonyl (C=O) groups excluding carboxylic acids is 1.